The number of thioether (sulfide) groups is 1. The number of rotatable bonds is 8. The molecule has 9 heteroatoms. The molecule has 0 aliphatic rings. The molecule has 0 unspecified atom stereocenters. The Kier molecular flexibility index (Phi) is 7.52. The van der Waals surface area contributed by atoms with Gasteiger partial charge in [-0.15, -0.1) is 0 Å². The maximum absolute atomic E-state index is 13.7. The lowest BCUT2D eigenvalue weighted by atomic mass is 10.2. The number of sulfonamides is 1. The summed E-state index contributed by atoms with van der Waals surface area (Å²) in [6.45, 7) is 0.391. The highest BCUT2D eigenvalue weighted by atomic mass is 35.5. The standard InChI is InChI=1S/C18H20ClFN2O3S2/c1-22(27(2,24)25)14-6-3-5-13(11-14)18(23)21-9-10-26-12-15-16(19)7-4-8-17(15)20/h3-8,11H,9-10,12H2,1-2H3,(H,21,23). The molecule has 0 saturated carbocycles. The number of nitrogens with zero attached hydrogens (tertiary/aromatic N) is 1. The van der Waals surface area contributed by atoms with E-state index in [0.29, 0.717) is 39.9 Å². The summed E-state index contributed by atoms with van der Waals surface area (Å²) in [7, 11) is -1.97. The zero-order chi connectivity index (χ0) is 20.0. The minimum Gasteiger partial charge on any atom is -0.351 e. The highest BCUT2D eigenvalue weighted by molar-refractivity contribution is 7.98. The highest BCUT2D eigenvalue weighted by Crippen LogP contribution is 2.23. The second-order valence-electron chi connectivity index (χ2n) is 5.79. The number of nitrogens with one attached hydrogen (secondary N) is 1. The van der Waals surface area contributed by atoms with E-state index < -0.39 is 10.0 Å². The van der Waals surface area contributed by atoms with E-state index in [-0.39, 0.29) is 11.7 Å². The van der Waals surface area contributed by atoms with E-state index in [2.05, 4.69) is 5.32 Å². The SMILES string of the molecule is CN(c1cccc(C(=O)NCCSCc2c(F)cccc2Cl)c1)S(C)(=O)=O. The predicted molar refractivity (Wildman–Crippen MR) is 110 cm³/mol. The Balaban J connectivity index is 1.86. The summed E-state index contributed by atoms with van der Waals surface area (Å²) >= 11 is 7.43. The molecule has 2 rings (SSSR count). The first-order valence-electron chi connectivity index (χ1n) is 8.03. The molecule has 0 aliphatic heterocycles. The molecule has 0 bridgehead atoms. The number of hydrogen-bond acceptors (Lipinski definition) is 4. The molecule has 0 saturated heterocycles. The molecule has 0 aliphatic carbocycles. The van der Waals surface area contributed by atoms with E-state index in [9.17, 15) is 17.6 Å². The summed E-state index contributed by atoms with van der Waals surface area (Å²) in [6, 6.07) is 10.9. The smallest absolute Gasteiger partial charge is 0.251 e. The van der Waals surface area contributed by atoms with Crippen LogP contribution in [-0.2, 0) is 15.8 Å². The first kappa shape index (κ1) is 21.5. The van der Waals surface area contributed by atoms with Crippen LogP contribution in [0.5, 0.6) is 0 Å². The third-order valence-corrected chi connectivity index (χ3v) is 6.35. The van der Waals surface area contributed by atoms with Gasteiger partial charge in [-0.3, -0.25) is 9.10 Å². The zero-order valence-electron chi connectivity index (χ0n) is 14.9. The molecule has 5 nitrogen and oxygen atoms in total. The van der Waals surface area contributed by atoms with Crippen LogP contribution in [0.1, 0.15) is 15.9 Å². The number of anilines is 1. The highest BCUT2D eigenvalue weighted by Gasteiger charge is 2.14. The van der Waals surface area contributed by atoms with Crippen molar-refractivity contribution >= 4 is 45.0 Å². The fourth-order valence-corrected chi connectivity index (χ4v) is 3.91. The molecule has 2 aromatic carbocycles. The molecule has 0 atom stereocenters. The largest absolute Gasteiger partial charge is 0.351 e. The van der Waals surface area contributed by atoms with Crippen LogP contribution < -0.4 is 9.62 Å². The molecular formula is C18H20ClFN2O3S2. The van der Waals surface area contributed by atoms with E-state index >= 15 is 0 Å². The summed E-state index contributed by atoms with van der Waals surface area (Å²) in [4.78, 5) is 12.2. The summed E-state index contributed by atoms with van der Waals surface area (Å²) in [5, 5.41) is 3.15. The molecule has 0 aromatic heterocycles. The van der Waals surface area contributed by atoms with E-state index in [1.54, 1.807) is 30.3 Å². The number of hydrogen-bond donors (Lipinski definition) is 1. The fourth-order valence-electron chi connectivity index (χ4n) is 2.22. The van der Waals surface area contributed by atoms with Gasteiger partial charge in [-0.2, -0.15) is 11.8 Å². The molecule has 0 radical (unpaired) electrons. The van der Waals surface area contributed by atoms with Crippen molar-refractivity contribution in [1.82, 2.24) is 5.32 Å². The van der Waals surface area contributed by atoms with Gasteiger partial charge in [-0.05, 0) is 30.3 Å². The van der Waals surface area contributed by atoms with Crippen molar-refractivity contribution in [3.8, 4) is 0 Å². The second-order valence-corrected chi connectivity index (χ2v) is 9.32. The van der Waals surface area contributed by atoms with E-state index in [1.807, 2.05) is 0 Å². The molecule has 1 amide bonds. The topological polar surface area (TPSA) is 66.5 Å². The summed E-state index contributed by atoms with van der Waals surface area (Å²) in [6.07, 6.45) is 1.10. The number of benzene rings is 2. The van der Waals surface area contributed by atoms with Gasteiger partial charge in [0.15, 0.2) is 0 Å². The average molecular weight is 431 g/mol. The zero-order valence-corrected chi connectivity index (χ0v) is 17.3. The second kappa shape index (κ2) is 9.43. The number of halogens is 2. The van der Waals surface area contributed by atoms with Crippen LogP contribution in [-0.4, -0.2) is 39.9 Å². The maximum atomic E-state index is 13.7. The van der Waals surface area contributed by atoms with Gasteiger partial charge < -0.3 is 5.32 Å². The Morgan fingerprint density at radius 1 is 1.26 bits per heavy atom. The van der Waals surface area contributed by atoms with Gasteiger partial charge in [0.1, 0.15) is 5.82 Å². The van der Waals surface area contributed by atoms with Gasteiger partial charge >= 0.3 is 0 Å². The van der Waals surface area contributed by atoms with Crippen LogP contribution >= 0.6 is 23.4 Å². The van der Waals surface area contributed by atoms with Gasteiger partial charge in [-0.1, -0.05) is 23.7 Å². The quantitative estimate of drug-likeness (QED) is 0.650. The Bertz CT molecular complexity index is 902. The maximum Gasteiger partial charge on any atom is 0.251 e. The predicted octanol–water partition coefficient (Wildman–Crippen LogP) is 3.54. The van der Waals surface area contributed by atoms with Gasteiger partial charge in [0.25, 0.3) is 5.91 Å². The van der Waals surface area contributed by atoms with Crippen molar-refractivity contribution in [2.45, 2.75) is 5.75 Å². The summed E-state index contributed by atoms with van der Waals surface area (Å²) in [5.74, 6) is 0.351. The lowest BCUT2D eigenvalue weighted by Gasteiger charge is -2.17. The number of carbonyl (C=O) groups excluding carboxylic acids is 1. The fraction of sp³-hybridized carbons (Fsp3) is 0.278. The van der Waals surface area contributed by atoms with E-state index in [1.165, 1.54) is 30.9 Å². The minimum atomic E-state index is -3.40. The molecule has 27 heavy (non-hydrogen) atoms. The van der Waals surface area contributed by atoms with Crippen molar-refractivity contribution < 1.29 is 17.6 Å². The summed E-state index contributed by atoms with van der Waals surface area (Å²) in [5.41, 5.74) is 1.23. The summed E-state index contributed by atoms with van der Waals surface area (Å²) < 4.78 is 38.0. The molecule has 2 aromatic rings. The number of amides is 1. The van der Waals surface area contributed by atoms with E-state index in [0.717, 1.165) is 10.6 Å². The van der Waals surface area contributed by atoms with Crippen LogP contribution in [0.4, 0.5) is 10.1 Å². The molecular weight excluding hydrogens is 411 g/mol. The first-order chi connectivity index (χ1) is 12.7. The molecule has 0 heterocycles. The van der Waals surface area contributed by atoms with Crippen molar-refractivity contribution in [2.75, 3.05) is 29.9 Å². The third kappa shape index (κ3) is 6.12. The first-order valence-corrected chi connectivity index (χ1v) is 11.4. The molecule has 1 N–H and O–H groups in total. The Labute approximate surface area is 168 Å². The monoisotopic (exact) mass is 430 g/mol. The molecule has 146 valence electrons. The van der Waals surface area contributed by atoms with Gasteiger partial charge in [0.2, 0.25) is 10.0 Å². The van der Waals surface area contributed by atoms with Crippen LogP contribution in [0.25, 0.3) is 0 Å². The Morgan fingerprint density at radius 3 is 2.63 bits per heavy atom. The Hall–Kier alpha value is -1.77. The normalized spacial score (nSPS) is 11.3. The van der Waals surface area contributed by atoms with Crippen LogP contribution in [0.2, 0.25) is 5.02 Å². The van der Waals surface area contributed by atoms with Gasteiger partial charge in [0, 0.05) is 41.2 Å². The average Bonchev–Trinajstić information content (AvgIpc) is 2.62. The number of carbonyl (C=O) groups is 1. The lowest BCUT2D eigenvalue weighted by Crippen LogP contribution is -2.27. The molecule has 0 spiro atoms. The lowest BCUT2D eigenvalue weighted by molar-refractivity contribution is 0.0956. The van der Waals surface area contributed by atoms with Crippen LogP contribution in [0.15, 0.2) is 42.5 Å². The van der Waals surface area contributed by atoms with Crippen molar-refractivity contribution in [1.29, 1.82) is 0 Å². The van der Waals surface area contributed by atoms with Crippen molar-refractivity contribution in [2.24, 2.45) is 0 Å². The van der Waals surface area contributed by atoms with Crippen molar-refractivity contribution in [3.05, 3.63) is 64.4 Å². The van der Waals surface area contributed by atoms with Crippen LogP contribution in [0.3, 0.4) is 0 Å². The Morgan fingerprint density at radius 2 is 1.96 bits per heavy atom. The van der Waals surface area contributed by atoms with Crippen LogP contribution in [0, 0.1) is 5.82 Å². The van der Waals surface area contributed by atoms with E-state index in [4.69, 9.17) is 11.6 Å². The third-order valence-electron chi connectivity index (χ3n) is 3.81. The van der Waals surface area contributed by atoms with Crippen molar-refractivity contribution in [3.63, 3.8) is 0 Å². The van der Waals surface area contributed by atoms with Gasteiger partial charge in [0.05, 0.1) is 11.9 Å². The van der Waals surface area contributed by atoms with Gasteiger partial charge in [-0.25, -0.2) is 12.8 Å². The molecule has 0 fully saturated rings. The minimum absolute atomic E-state index is 0.303.